The molecule has 5 heteroatoms. The average Bonchev–Trinajstić information content (AvgIpc) is 2.86. The number of aryl methyl sites for hydroxylation is 2. The molecule has 0 aliphatic carbocycles. The summed E-state index contributed by atoms with van der Waals surface area (Å²) in [5, 5.41) is 2.82. The molecule has 106 valence electrons. The fourth-order valence-electron chi connectivity index (χ4n) is 2.05. The van der Waals surface area contributed by atoms with Crippen molar-refractivity contribution in [2.45, 2.75) is 13.8 Å². The molecule has 3 rings (SSSR count). The molecular weight excluding hydrogens is 332 g/mol. The smallest absolute Gasteiger partial charge is 0.291 e. The lowest BCUT2D eigenvalue weighted by Crippen LogP contribution is -2.10. The van der Waals surface area contributed by atoms with Crippen LogP contribution in [0.2, 0.25) is 0 Å². The molecule has 2 heterocycles. The number of furan rings is 1. The van der Waals surface area contributed by atoms with Crippen molar-refractivity contribution in [3.05, 3.63) is 57.9 Å². The summed E-state index contributed by atoms with van der Waals surface area (Å²) in [7, 11) is 0. The average molecular weight is 345 g/mol. The Labute approximate surface area is 130 Å². The van der Waals surface area contributed by atoms with E-state index in [4.69, 9.17) is 4.42 Å². The summed E-state index contributed by atoms with van der Waals surface area (Å²) in [5.41, 5.74) is 3.96. The molecule has 0 saturated heterocycles. The van der Waals surface area contributed by atoms with Gasteiger partial charge in [-0.05, 0) is 49.7 Å². The van der Waals surface area contributed by atoms with Gasteiger partial charge in [-0.25, -0.2) is 4.98 Å². The summed E-state index contributed by atoms with van der Waals surface area (Å²) in [4.78, 5) is 16.6. The van der Waals surface area contributed by atoms with Gasteiger partial charge in [0.25, 0.3) is 5.91 Å². The predicted octanol–water partition coefficient (Wildman–Crippen LogP) is 4.46. The lowest BCUT2D eigenvalue weighted by molar-refractivity contribution is 0.0998. The number of carbonyl (C=O) groups is 1. The number of hydrogen-bond donors (Lipinski definition) is 1. The molecule has 0 radical (unpaired) electrons. The summed E-state index contributed by atoms with van der Waals surface area (Å²) in [5.74, 6) is -0.0314. The number of pyridine rings is 1. The molecule has 2 aromatic heterocycles. The van der Waals surface area contributed by atoms with E-state index in [2.05, 4.69) is 26.2 Å². The van der Waals surface area contributed by atoms with Crippen molar-refractivity contribution in [2.24, 2.45) is 0 Å². The second kappa shape index (κ2) is 5.33. The molecular formula is C16H13BrN2O2. The van der Waals surface area contributed by atoms with Crippen LogP contribution in [-0.4, -0.2) is 10.9 Å². The van der Waals surface area contributed by atoms with Gasteiger partial charge in [-0.3, -0.25) is 4.79 Å². The molecule has 0 aliphatic rings. The number of nitrogens with one attached hydrogen (secondary N) is 1. The first kappa shape index (κ1) is 13.8. The molecule has 0 fully saturated rings. The van der Waals surface area contributed by atoms with Crippen LogP contribution in [0.25, 0.3) is 11.1 Å². The van der Waals surface area contributed by atoms with Crippen molar-refractivity contribution >= 4 is 38.6 Å². The van der Waals surface area contributed by atoms with Gasteiger partial charge in [0, 0.05) is 21.9 Å². The Balaban J connectivity index is 1.87. The van der Waals surface area contributed by atoms with Gasteiger partial charge in [-0.2, -0.15) is 0 Å². The molecule has 4 nitrogen and oxygen atoms in total. The normalized spacial score (nSPS) is 10.8. The standard InChI is InChI=1S/C16H13BrN2O2/c1-9-7-11(4-5-12(9)17)19-16(20)15-8-13-14(21-15)6-3-10(2)18-13/h3-8H,1-2H3,(H,19,20). The number of fused-ring (bicyclic) bond motifs is 1. The zero-order chi connectivity index (χ0) is 15.0. The Morgan fingerprint density at radius 3 is 2.76 bits per heavy atom. The minimum Gasteiger partial charge on any atom is -0.449 e. The van der Waals surface area contributed by atoms with Crippen LogP contribution in [0.3, 0.4) is 0 Å². The molecule has 0 saturated carbocycles. The van der Waals surface area contributed by atoms with E-state index >= 15 is 0 Å². The second-order valence-electron chi connectivity index (χ2n) is 4.86. The highest BCUT2D eigenvalue weighted by atomic mass is 79.9. The van der Waals surface area contributed by atoms with E-state index in [0.717, 1.165) is 21.4 Å². The first-order valence-electron chi connectivity index (χ1n) is 6.47. The molecule has 0 bridgehead atoms. The van der Waals surface area contributed by atoms with Gasteiger partial charge in [0.2, 0.25) is 0 Å². The van der Waals surface area contributed by atoms with Crippen LogP contribution < -0.4 is 5.32 Å². The Hall–Kier alpha value is -2.14. The van der Waals surface area contributed by atoms with Crippen molar-refractivity contribution in [1.29, 1.82) is 0 Å². The van der Waals surface area contributed by atoms with E-state index in [9.17, 15) is 4.79 Å². The number of nitrogens with zero attached hydrogens (tertiary/aromatic N) is 1. The molecule has 0 spiro atoms. The van der Waals surface area contributed by atoms with Crippen molar-refractivity contribution < 1.29 is 9.21 Å². The van der Waals surface area contributed by atoms with Crippen molar-refractivity contribution in [1.82, 2.24) is 4.98 Å². The largest absolute Gasteiger partial charge is 0.449 e. The number of rotatable bonds is 2. The topological polar surface area (TPSA) is 55.1 Å². The fourth-order valence-corrected chi connectivity index (χ4v) is 2.30. The number of hydrogen-bond acceptors (Lipinski definition) is 3. The lowest BCUT2D eigenvalue weighted by Gasteiger charge is -2.05. The number of carbonyl (C=O) groups excluding carboxylic acids is 1. The van der Waals surface area contributed by atoms with Gasteiger partial charge in [0.1, 0.15) is 5.52 Å². The lowest BCUT2D eigenvalue weighted by atomic mass is 10.2. The number of anilines is 1. The fraction of sp³-hybridized carbons (Fsp3) is 0.125. The number of amides is 1. The summed E-state index contributed by atoms with van der Waals surface area (Å²) in [6, 6.07) is 11.0. The minimum absolute atomic E-state index is 0.253. The van der Waals surface area contributed by atoms with Gasteiger partial charge in [-0.1, -0.05) is 15.9 Å². The summed E-state index contributed by atoms with van der Waals surface area (Å²) in [6.45, 7) is 3.87. The number of benzene rings is 1. The van der Waals surface area contributed by atoms with E-state index in [-0.39, 0.29) is 11.7 Å². The van der Waals surface area contributed by atoms with Gasteiger partial charge < -0.3 is 9.73 Å². The second-order valence-corrected chi connectivity index (χ2v) is 5.72. The quantitative estimate of drug-likeness (QED) is 0.746. The first-order chi connectivity index (χ1) is 10.0. The van der Waals surface area contributed by atoms with Crippen LogP contribution in [0.1, 0.15) is 21.8 Å². The van der Waals surface area contributed by atoms with Crippen LogP contribution in [0, 0.1) is 13.8 Å². The highest BCUT2D eigenvalue weighted by molar-refractivity contribution is 9.10. The predicted molar refractivity (Wildman–Crippen MR) is 85.6 cm³/mol. The molecule has 21 heavy (non-hydrogen) atoms. The zero-order valence-corrected chi connectivity index (χ0v) is 13.2. The minimum atomic E-state index is -0.285. The maximum Gasteiger partial charge on any atom is 0.291 e. The Morgan fingerprint density at radius 1 is 1.19 bits per heavy atom. The summed E-state index contributed by atoms with van der Waals surface area (Å²) >= 11 is 3.43. The van der Waals surface area contributed by atoms with E-state index in [1.54, 1.807) is 6.07 Å². The van der Waals surface area contributed by atoms with Crippen LogP contribution in [-0.2, 0) is 0 Å². The molecule has 1 amide bonds. The van der Waals surface area contributed by atoms with Gasteiger partial charge in [-0.15, -0.1) is 0 Å². The van der Waals surface area contributed by atoms with Crippen LogP contribution in [0.4, 0.5) is 5.69 Å². The molecule has 0 unspecified atom stereocenters. The monoisotopic (exact) mass is 344 g/mol. The van der Waals surface area contributed by atoms with E-state index < -0.39 is 0 Å². The number of halogens is 1. The zero-order valence-electron chi connectivity index (χ0n) is 11.6. The summed E-state index contributed by atoms with van der Waals surface area (Å²) < 4.78 is 6.53. The van der Waals surface area contributed by atoms with Gasteiger partial charge >= 0.3 is 0 Å². The Bertz CT molecular complexity index is 839. The van der Waals surface area contributed by atoms with Crippen LogP contribution >= 0.6 is 15.9 Å². The SMILES string of the molecule is Cc1ccc2oc(C(=O)Nc3ccc(Br)c(C)c3)cc2n1. The van der Waals surface area contributed by atoms with Gasteiger partial charge in [0.15, 0.2) is 11.3 Å². The summed E-state index contributed by atoms with van der Waals surface area (Å²) in [6.07, 6.45) is 0. The van der Waals surface area contributed by atoms with Crippen molar-refractivity contribution in [2.75, 3.05) is 5.32 Å². The third kappa shape index (κ3) is 2.83. The Kier molecular flexibility index (Phi) is 3.51. The van der Waals surface area contributed by atoms with Crippen molar-refractivity contribution in [3.8, 4) is 0 Å². The molecule has 1 N–H and O–H groups in total. The van der Waals surface area contributed by atoms with E-state index in [0.29, 0.717) is 11.1 Å². The first-order valence-corrected chi connectivity index (χ1v) is 7.27. The third-order valence-electron chi connectivity index (χ3n) is 3.15. The maximum absolute atomic E-state index is 12.2. The van der Waals surface area contributed by atoms with Crippen LogP contribution in [0.15, 0.2) is 45.3 Å². The molecule has 1 aromatic carbocycles. The van der Waals surface area contributed by atoms with Gasteiger partial charge in [0.05, 0.1) is 0 Å². The maximum atomic E-state index is 12.2. The molecule has 0 atom stereocenters. The highest BCUT2D eigenvalue weighted by Crippen LogP contribution is 2.22. The Morgan fingerprint density at radius 2 is 2.00 bits per heavy atom. The molecule has 0 aliphatic heterocycles. The van der Waals surface area contributed by atoms with E-state index in [1.165, 1.54) is 0 Å². The van der Waals surface area contributed by atoms with Crippen LogP contribution in [0.5, 0.6) is 0 Å². The van der Waals surface area contributed by atoms with E-state index in [1.807, 2.05) is 44.2 Å². The third-order valence-corrected chi connectivity index (χ3v) is 4.04. The number of aromatic nitrogens is 1. The molecule has 3 aromatic rings. The van der Waals surface area contributed by atoms with Crippen molar-refractivity contribution in [3.63, 3.8) is 0 Å². The highest BCUT2D eigenvalue weighted by Gasteiger charge is 2.13.